The van der Waals surface area contributed by atoms with Gasteiger partial charge in [-0.25, -0.2) is 0 Å². The number of hydrogen-bond acceptors (Lipinski definition) is 4. The number of hydrogen-bond donors (Lipinski definition) is 2. The molecule has 1 aliphatic heterocycles. The van der Waals surface area contributed by atoms with Gasteiger partial charge >= 0.3 is 0 Å². The summed E-state index contributed by atoms with van der Waals surface area (Å²) in [6.07, 6.45) is 1.70. The molecule has 1 fully saturated rings. The van der Waals surface area contributed by atoms with Crippen LogP contribution in [0.4, 0.5) is 11.4 Å². The lowest BCUT2D eigenvalue weighted by atomic mass is 10.1. The quantitative estimate of drug-likeness (QED) is 0.882. The molecule has 0 unspecified atom stereocenters. The van der Waals surface area contributed by atoms with Crippen LogP contribution in [0.2, 0.25) is 0 Å². The van der Waals surface area contributed by atoms with Crippen LogP contribution in [0.3, 0.4) is 0 Å². The van der Waals surface area contributed by atoms with Crippen molar-refractivity contribution in [2.24, 2.45) is 0 Å². The number of amides is 2. The second-order valence-corrected chi connectivity index (χ2v) is 5.95. The van der Waals surface area contributed by atoms with Gasteiger partial charge in [-0.1, -0.05) is 0 Å². The smallest absolute Gasteiger partial charge is 0.253 e. The molecule has 0 spiro atoms. The Bertz CT molecular complexity index is 800. The summed E-state index contributed by atoms with van der Waals surface area (Å²) in [7, 11) is 0. The monoisotopic (exact) mass is 340 g/mol. The third-order valence-corrected chi connectivity index (χ3v) is 4.15. The number of nitrogens with one attached hydrogen (secondary N) is 2. The summed E-state index contributed by atoms with van der Waals surface area (Å²) in [5.41, 5.74) is 2.10. The van der Waals surface area contributed by atoms with E-state index in [1.54, 1.807) is 36.5 Å². The summed E-state index contributed by atoms with van der Waals surface area (Å²) >= 11 is 0. The highest BCUT2D eigenvalue weighted by molar-refractivity contribution is 5.95. The van der Waals surface area contributed by atoms with Gasteiger partial charge in [-0.3, -0.25) is 14.4 Å². The molecule has 2 heterocycles. The molecule has 2 N–H and O–H groups in total. The van der Waals surface area contributed by atoms with E-state index in [1.807, 2.05) is 4.90 Å². The molecule has 25 heavy (non-hydrogen) atoms. The Labute approximate surface area is 145 Å². The van der Waals surface area contributed by atoms with E-state index in [4.69, 9.17) is 0 Å². The Morgan fingerprint density at radius 2 is 1.68 bits per heavy atom. The number of H-pyrrole nitrogens is 1. The lowest BCUT2D eigenvalue weighted by Gasteiger charge is -2.36. The Kier molecular flexibility index (Phi) is 4.83. The summed E-state index contributed by atoms with van der Waals surface area (Å²) < 4.78 is 0. The van der Waals surface area contributed by atoms with Crippen LogP contribution in [-0.2, 0) is 4.79 Å². The molecule has 2 amide bonds. The number of nitrogens with zero attached hydrogens (tertiary/aromatic N) is 2. The SMILES string of the molecule is CC(=O)Nc1ccc(C(=O)N2CCN(c3ccc(=O)[nH]c3)CC2)cc1. The highest BCUT2D eigenvalue weighted by Crippen LogP contribution is 2.16. The largest absolute Gasteiger partial charge is 0.367 e. The summed E-state index contributed by atoms with van der Waals surface area (Å²) in [6.45, 7) is 4.10. The van der Waals surface area contributed by atoms with Crippen LogP contribution < -0.4 is 15.8 Å². The van der Waals surface area contributed by atoms with Gasteiger partial charge in [-0.15, -0.1) is 0 Å². The Morgan fingerprint density at radius 1 is 1.00 bits per heavy atom. The van der Waals surface area contributed by atoms with Gasteiger partial charge in [0.25, 0.3) is 5.91 Å². The summed E-state index contributed by atoms with van der Waals surface area (Å²) in [5.74, 6) is -0.159. The molecule has 3 rings (SSSR count). The number of piperazine rings is 1. The number of rotatable bonds is 3. The average molecular weight is 340 g/mol. The zero-order valence-electron chi connectivity index (χ0n) is 14.0. The molecule has 0 atom stereocenters. The van der Waals surface area contributed by atoms with Crippen LogP contribution in [0.1, 0.15) is 17.3 Å². The maximum absolute atomic E-state index is 12.6. The van der Waals surface area contributed by atoms with E-state index >= 15 is 0 Å². The van der Waals surface area contributed by atoms with Crippen LogP contribution in [-0.4, -0.2) is 47.9 Å². The fourth-order valence-electron chi connectivity index (χ4n) is 2.85. The zero-order valence-corrected chi connectivity index (χ0v) is 14.0. The maximum atomic E-state index is 12.6. The van der Waals surface area contributed by atoms with Gasteiger partial charge in [-0.05, 0) is 30.3 Å². The van der Waals surface area contributed by atoms with Crippen molar-refractivity contribution in [3.8, 4) is 0 Å². The van der Waals surface area contributed by atoms with Crippen LogP contribution in [0, 0.1) is 0 Å². The molecule has 130 valence electrons. The lowest BCUT2D eigenvalue weighted by molar-refractivity contribution is -0.114. The molecule has 0 aliphatic carbocycles. The average Bonchev–Trinajstić information content (AvgIpc) is 2.62. The molecule has 0 bridgehead atoms. The Balaban J connectivity index is 1.60. The second-order valence-electron chi connectivity index (χ2n) is 5.95. The highest BCUT2D eigenvalue weighted by Gasteiger charge is 2.22. The number of carbonyl (C=O) groups is 2. The van der Waals surface area contributed by atoms with E-state index < -0.39 is 0 Å². The van der Waals surface area contributed by atoms with Gasteiger partial charge in [0.15, 0.2) is 0 Å². The van der Waals surface area contributed by atoms with Crippen LogP contribution in [0.15, 0.2) is 47.4 Å². The number of carbonyl (C=O) groups excluding carboxylic acids is 2. The van der Waals surface area contributed by atoms with E-state index in [0.29, 0.717) is 37.4 Å². The number of aromatic nitrogens is 1. The predicted octanol–water partition coefficient (Wildman–Crippen LogP) is 1.30. The van der Waals surface area contributed by atoms with Crippen molar-refractivity contribution in [3.63, 3.8) is 0 Å². The Hall–Kier alpha value is -3.09. The fourth-order valence-corrected chi connectivity index (χ4v) is 2.85. The molecule has 7 heteroatoms. The second kappa shape index (κ2) is 7.21. The number of pyridine rings is 1. The zero-order chi connectivity index (χ0) is 17.8. The first-order valence-electron chi connectivity index (χ1n) is 8.13. The van der Waals surface area contributed by atoms with E-state index in [-0.39, 0.29) is 17.4 Å². The van der Waals surface area contributed by atoms with Crippen molar-refractivity contribution < 1.29 is 9.59 Å². The molecular formula is C18H20N4O3. The molecule has 1 aromatic heterocycles. The summed E-state index contributed by atoms with van der Waals surface area (Å²) in [5, 5.41) is 2.68. The van der Waals surface area contributed by atoms with Gasteiger partial charge in [0.1, 0.15) is 0 Å². The minimum atomic E-state index is -0.141. The van der Waals surface area contributed by atoms with Gasteiger partial charge in [0.05, 0.1) is 5.69 Å². The maximum Gasteiger partial charge on any atom is 0.253 e. The first-order valence-corrected chi connectivity index (χ1v) is 8.13. The molecule has 1 aromatic carbocycles. The van der Waals surface area contributed by atoms with Gasteiger partial charge < -0.3 is 20.1 Å². The topological polar surface area (TPSA) is 85.5 Å². The van der Waals surface area contributed by atoms with Gasteiger partial charge in [0, 0.05) is 56.6 Å². The number of benzene rings is 1. The number of anilines is 2. The van der Waals surface area contributed by atoms with Crippen molar-refractivity contribution in [1.29, 1.82) is 0 Å². The summed E-state index contributed by atoms with van der Waals surface area (Å²) in [4.78, 5) is 41.4. The molecule has 2 aromatic rings. The molecule has 7 nitrogen and oxygen atoms in total. The Morgan fingerprint density at radius 3 is 2.24 bits per heavy atom. The van der Waals surface area contributed by atoms with Crippen LogP contribution >= 0.6 is 0 Å². The minimum absolute atomic E-state index is 0.0181. The predicted molar refractivity (Wildman–Crippen MR) is 95.9 cm³/mol. The normalized spacial score (nSPS) is 14.3. The third-order valence-electron chi connectivity index (χ3n) is 4.15. The van der Waals surface area contributed by atoms with Crippen molar-refractivity contribution in [1.82, 2.24) is 9.88 Å². The first kappa shape index (κ1) is 16.8. The van der Waals surface area contributed by atoms with Crippen LogP contribution in [0.5, 0.6) is 0 Å². The van der Waals surface area contributed by atoms with Crippen molar-refractivity contribution in [2.75, 3.05) is 36.4 Å². The van der Waals surface area contributed by atoms with Gasteiger partial charge in [-0.2, -0.15) is 0 Å². The van der Waals surface area contributed by atoms with Crippen molar-refractivity contribution in [2.45, 2.75) is 6.92 Å². The van der Waals surface area contributed by atoms with E-state index in [9.17, 15) is 14.4 Å². The molecular weight excluding hydrogens is 320 g/mol. The molecule has 1 aliphatic rings. The fraction of sp³-hybridized carbons (Fsp3) is 0.278. The molecule has 0 radical (unpaired) electrons. The molecule has 1 saturated heterocycles. The number of aromatic amines is 1. The first-order chi connectivity index (χ1) is 12.0. The van der Waals surface area contributed by atoms with Crippen LogP contribution in [0.25, 0.3) is 0 Å². The third kappa shape index (κ3) is 4.06. The van der Waals surface area contributed by atoms with E-state index in [1.165, 1.54) is 13.0 Å². The molecule has 0 saturated carbocycles. The van der Waals surface area contributed by atoms with E-state index in [2.05, 4.69) is 15.2 Å². The summed E-state index contributed by atoms with van der Waals surface area (Å²) in [6, 6.07) is 10.2. The standard InChI is InChI=1S/C18H20N4O3/c1-13(23)20-15-4-2-14(3-5-15)18(25)22-10-8-21(9-11-22)16-6-7-17(24)19-12-16/h2-7,12H,8-11H2,1H3,(H,19,24)(H,20,23). The van der Waals surface area contributed by atoms with E-state index in [0.717, 1.165) is 5.69 Å². The minimum Gasteiger partial charge on any atom is -0.367 e. The van der Waals surface area contributed by atoms with Crippen molar-refractivity contribution >= 4 is 23.2 Å². The lowest BCUT2D eigenvalue weighted by Crippen LogP contribution is -2.48. The van der Waals surface area contributed by atoms with Gasteiger partial charge in [0.2, 0.25) is 11.5 Å². The van der Waals surface area contributed by atoms with Crippen molar-refractivity contribution in [3.05, 3.63) is 58.5 Å². The highest BCUT2D eigenvalue weighted by atomic mass is 16.2.